The molecular formula is C13H17ClN2OS. The van der Waals surface area contributed by atoms with E-state index in [-0.39, 0.29) is 6.10 Å². The maximum atomic E-state index is 9.49. The SMILES string of the molecule is NC(=S)c1c(Cl)cccc1NC1CCC(O)CC1. The Morgan fingerprint density at radius 3 is 2.61 bits per heavy atom. The van der Waals surface area contributed by atoms with E-state index in [0.29, 0.717) is 21.6 Å². The molecule has 1 saturated carbocycles. The van der Waals surface area contributed by atoms with E-state index in [1.807, 2.05) is 12.1 Å². The van der Waals surface area contributed by atoms with Crippen molar-refractivity contribution in [2.45, 2.75) is 37.8 Å². The first kappa shape index (κ1) is 13.6. The van der Waals surface area contributed by atoms with Gasteiger partial charge in [-0.1, -0.05) is 29.9 Å². The average Bonchev–Trinajstić information content (AvgIpc) is 2.32. The molecule has 0 atom stereocenters. The fourth-order valence-electron chi connectivity index (χ4n) is 2.33. The lowest BCUT2D eigenvalue weighted by atomic mass is 9.93. The Labute approximate surface area is 117 Å². The van der Waals surface area contributed by atoms with Crippen LogP contribution >= 0.6 is 23.8 Å². The van der Waals surface area contributed by atoms with E-state index in [4.69, 9.17) is 29.6 Å². The highest BCUT2D eigenvalue weighted by Crippen LogP contribution is 2.28. The van der Waals surface area contributed by atoms with E-state index >= 15 is 0 Å². The molecule has 0 amide bonds. The molecule has 0 spiro atoms. The standard InChI is InChI=1S/C13H17ClN2OS/c14-10-2-1-3-11(12(10)13(15)18)16-8-4-6-9(17)7-5-8/h1-3,8-9,16-17H,4-7H2,(H2,15,18). The molecule has 5 heteroatoms. The lowest BCUT2D eigenvalue weighted by Gasteiger charge is -2.28. The number of thiocarbonyl (C=S) groups is 1. The van der Waals surface area contributed by atoms with Crippen LogP contribution < -0.4 is 11.1 Å². The third-order valence-corrected chi connectivity index (χ3v) is 3.84. The van der Waals surface area contributed by atoms with E-state index < -0.39 is 0 Å². The van der Waals surface area contributed by atoms with Crippen molar-refractivity contribution in [1.29, 1.82) is 0 Å². The number of aliphatic hydroxyl groups is 1. The van der Waals surface area contributed by atoms with Crippen LogP contribution in [0.2, 0.25) is 5.02 Å². The largest absolute Gasteiger partial charge is 0.393 e. The molecular weight excluding hydrogens is 268 g/mol. The van der Waals surface area contributed by atoms with Gasteiger partial charge in [0.25, 0.3) is 0 Å². The van der Waals surface area contributed by atoms with Crippen LogP contribution in [0.1, 0.15) is 31.2 Å². The number of nitrogens with two attached hydrogens (primary N) is 1. The normalized spacial score (nSPS) is 23.7. The molecule has 98 valence electrons. The first-order chi connectivity index (χ1) is 8.58. The van der Waals surface area contributed by atoms with Crippen molar-refractivity contribution in [2.75, 3.05) is 5.32 Å². The van der Waals surface area contributed by atoms with Crippen molar-refractivity contribution in [3.05, 3.63) is 28.8 Å². The Hall–Kier alpha value is -0.840. The van der Waals surface area contributed by atoms with Crippen molar-refractivity contribution in [2.24, 2.45) is 5.73 Å². The van der Waals surface area contributed by atoms with Gasteiger partial charge in [0.15, 0.2) is 0 Å². The van der Waals surface area contributed by atoms with E-state index in [2.05, 4.69) is 5.32 Å². The van der Waals surface area contributed by atoms with E-state index in [1.54, 1.807) is 6.07 Å². The number of aliphatic hydroxyl groups excluding tert-OH is 1. The third kappa shape index (κ3) is 3.13. The Morgan fingerprint density at radius 2 is 2.00 bits per heavy atom. The fourth-order valence-corrected chi connectivity index (χ4v) is 2.89. The zero-order valence-corrected chi connectivity index (χ0v) is 11.6. The van der Waals surface area contributed by atoms with Gasteiger partial charge in [0.1, 0.15) is 4.99 Å². The Morgan fingerprint density at radius 1 is 1.33 bits per heavy atom. The van der Waals surface area contributed by atoms with Crippen LogP contribution in [-0.4, -0.2) is 22.2 Å². The summed E-state index contributed by atoms with van der Waals surface area (Å²) >= 11 is 11.2. The number of anilines is 1. The van der Waals surface area contributed by atoms with Crippen LogP contribution in [-0.2, 0) is 0 Å². The topological polar surface area (TPSA) is 58.3 Å². The minimum Gasteiger partial charge on any atom is -0.393 e. The minimum atomic E-state index is -0.155. The van der Waals surface area contributed by atoms with Gasteiger partial charge in [0.05, 0.1) is 16.7 Å². The molecule has 0 heterocycles. The molecule has 4 N–H and O–H groups in total. The van der Waals surface area contributed by atoms with Crippen LogP contribution in [0.15, 0.2) is 18.2 Å². The molecule has 3 nitrogen and oxygen atoms in total. The van der Waals surface area contributed by atoms with Crippen molar-refractivity contribution in [1.82, 2.24) is 0 Å². The van der Waals surface area contributed by atoms with Crippen molar-refractivity contribution < 1.29 is 5.11 Å². The molecule has 1 aromatic carbocycles. The average molecular weight is 285 g/mol. The quantitative estimate of drug-likeness (QED) is 0.747. The van der Waals surface area contributed by atoms with E-state index in [9.17, 15) is 5.11 Å². The molecule has 0 bridgehead atoms. The molecule has 1 aliphatic rings. The molecule has 18 heavy (non-hydrogen) atoms. The van der Waals surface area contributed by atoms with Crippen LogP contribution in [0.4, 0.5) is 5.69 Å². The van der Waals surface area contributed by atoms with Gasteiger partial charge in [-0.2, -0.15) is 0 Å². The highest BCUT2D eigenvalue weighted by atomic mass is 35.5. The number of nitrogens with one attached hydrogen (secondary N) is 1. The second-order valence-corrected chi connectivity index (χ2v) is 5.52. The molecule has 0 unspecified atom stereocenters. The number of halogens is 1. The van der Waals surface area contributed by atoms with Crippen LogP contribution in [0.3, 0.4) is 0 Å². The molecule has 0 saturated heterocycles. The number of rotatable bonds is 3. The summed E-state index contributed by atoms with van der Waals surface area (Å²) in [6.45, 7) is 0. The number of hydrogen-bond acceptors (Lipinski definition) is 3. The molecule has 0 aromatic heterocycles. The second kappa shape index (κ2) is 5.87. The summed E-state index contributed by atoms with van der Waals surface area (Å²) in [6.07, 6.45) is 3.41. The maximum Gasteiger partial charge on any atom is 0.107 e. The Kier molecular flexibility index (Phi) is 4.43. The van der Waals surface area contributed by atoms with E-state index in [1.165, 1.54) is 0 Å². The summed E-state index contributed by atoms with van der Waals surface area (Å²) in [6, 6.07) is 5.95. The van der Waals surface area contributed by atoms with Gasteiger partial charge in [-0.05, 0) is 37.8 Å². The summed E-state index contributed by atoms with van der Waals surface area (Å²) in [4.78, 5) is 0.305. The summed E-state index contributed by atoms with van der Waals surface area (Å²) in [7, 11) is 0. The predicted molar refractivity (Wildman–Crippen MR) is 79.2 cm³/mol. The first-order valence-electron chi connectivity index (χ1n) is 6.11. The zero-order valence-electron chi connectivity index (χ0n) is 10.0. The van der Waals surface area contributed by atoms with Gasteiger partial charge in [-0.15, -0.1) is 0 Å². The lowest BCUT2D eigenvalue weighted by Crippen LogP contribution is -2.29. The molecule has 0 radical (unpaired) electrons. The molecule has 2 rings (SSSR count). The lowest BCUT2D eigenvalue weighted by molar-refractivity contribution is 0.126. The molecule has 0 aliphatic heterocycles. The van der Waals surface area contributed by atoms with Gasteiger partial charge < -0.3 is 16.2 Å². The van der Waals surface area contributed by atoms with Gasteiger partial charge in [-0.3, -0.25) is 0 Å². The predicted octanol–water partition coefficient (Wildman–Crippen LogP) is 2.69. The molecule has 1 fully saturated rings. The third-order valence-electron chi connectivity index (χ3n) is 3.32. The van der Waals surface area contributed by atoms with Gasteiger partial charge >= 0.3 is 0 Å². The Bertz CT molecular complexity index is 445. The Balaban J connectivity index is 2.14. The minimum absolute atomic E-state index is 0.155. The molecule has 1 aliphatic carbocycles. The number of hydrogen-bond donors (Lipinski definition) is 3. The summed E-state index contributed by atoms with van der Waals surface area (Å²) in [5, 5.41) is 13.5. The summed E-state index contributed by atoms with van der Waals surface area (Å²) in [5.74, 6) is 0. The van der Waals surface area contributed by atoms with Crippen molar-refractivity contribution in [3.63, 3.8) is 0 Å². The van der Waals surface area contributed by atoms with E-state index in [0.717, 1.165) is 31.4 Å². The maximum absolute atomic E-state index is 9.49. The van der Waals surface area contributed by atoms with Crippen molar-refractivity contribution in [3.8, 4) is 0 Å². The van der Waals surface area contributed by atoms with Crippen molar-refractivity contribution >= 4 is 34.5 Å². The second-order valence-electron chi connectivity index (χ2n) is 4.68. The van der Waals surface area contributed by atoms with Gasteiger partial charge in [0.2, 0.25) is 0 Å². The van der Waals surface area contributed by atoms with Crippen LogP contribution in [0.25, 0.3) is 0 Å². The fraction of sp³-hybridized carbons (Fsp3) is 0.462. The van der Waals surface area contributed by atoms with Crippen LogP contribution in [0.5, 0.6) is 0 Å². The summed E-state index contributed by atoms with van der Waals surface area (Å²) < 4.78 is 0. The summed E-state index contributed by atoms with van der Waals surface area (Å²) in [5.41, 5.74) is 7.30. The van der Waals surface area contributed by atoms with Gasteiger partial charge in [-0.25, -0.2) is 0 Å². The van der Waals surface area contributed by atoms with Gasteiger partial charge in [0, 0.05) is 11.7 Å². The molecule has 1 aromatic rings. The number of benzene rings is 1. The highest BCUT2D eigenvalue weighted by Gasteiger charge is 2.20. The highest BCUT2D eigenvalue weighted by molar-refractivity contribution is 7.80. The zero-order chi connectivity index (χ0) is 13.1. The smallest absolute Gasteiger partial charge is 0.107 e. The first-order valence-corrected chi connectivity index (χ1v) is 6.89. The van der Waals surface area contributed by atoms with Crippen LogP contribution in [0, 0.1) is 0 Å². The monoisotopic (exact) mass is 284 g/mol.